The molecular formula is C19H24N4O2. The Morgan fingerprint density at radius 1 is 1.24 bits per heavy atom. The van der Waals surface area contributed by atoms with Crippen LogP contribution in [0.25, 0.3) is 11.3 Å². The highest BCUT2D eigenvalue weighted by atomic mass is 16.3. The summed E-state index contributed by atoms with van der Waals surface area (Å²) in [5.74, 6) is 0.110. The third-order valence-electron chi connectivity index (χ3n) is 5.29. The number of nitrogens with zero attached hydrogens (tertiary/aromatic N) is 3. The van der Waals surface area contributed by atoms with E-state index in [1.165, 1.54) is 11.3 Å². The number of nitrogens with one attached hydrogen (secondary N) is 1. The van der Waals surface area contributed by atoms with Crippen molar-refractivity contribution in [2.45, 2.75) is 31.4 Å². The van der Waals surface area contributed by atoms with Crippen LogP contribution in [0.3, 0.4) is 0 Å². The zero-order chi connectivity index (χ0) is 17.4. The van der Waals surface area contributed by atoms with Crippen LogP contribution in [0, 0.1) is 0 Å². The lowest BCUT2D eigenvalue weighted by molar-refractivity contribution is -0.133. The molecule has 6 heteroatoms. The molecule has 1 amide bonds. The zero-order valence-corrected chi connectivity index (χ0v) is 14.5. The lowest BCUT2D eigenvalue weighted by Crippen LogP contribution is -2.44. The van der Waals surface area contributed by atoms with Crippen molar-refractivity contribution in [1.29, 1.82) is 0 Å². The average Bonchev–Trinajstić information content (AvgIpc) is 3.11. The predicted molar refractivity (Wildman–Crippen MR) is 95.0 cm³/mol. The van der Waals surface area contributed by atoms with E-state index in [-0.39, 0.29) is 11.9 Å². The molecule has 132 valence electrons. The molecular weight excluding hydrogens is 316 g/mol. The lowest BCUT2D eigenvalue weighted by Gasteiger charge is -2.24. The summed E-state index contributed by atoms with van der Waals surface area (Å²) in [5, 5.41) is 17.5. The van der Waals surface area contributed by atoms with E-state index in [9.17, 15) is 9.90 Å². The first-order chi connectivity index (χ1) is 12.1. The topological polar surface area (TPSA) is 70.4 Å². The van der Waals surface area contributed by atoms with Gasteiger partial charge in [0.05, 0.1) is 17.8 Å². The Balaban J connectivity index is 1.55. The highest BCUT2D eigenvalue weighted by Gasteiger charge is 2.32. The number of carbonyl (C=O) groups is 1. The first-order valence-electron chi connectivity index (χ1n) is 8.94. The average molecular weight is 340 g/mol. The molecule has 25 heavy (non-hydrogen) atoms. The van der Waals surface area contributed by atoms with E-state index < -0.39 is 6.10 Å². The van der Waals surface area contributed by atoms with Gasteiger partial charge in [-0.25, -0.2) is 0 Å². The molecule has 2 atom stereocenters. The first kappa shape index (κ1) is 16.3. The minimum Gasteiger partial charge on any atom is -0.392 e. The number of fused-ring (bicyclic) bond motifs is 1. The van der Waals surface area contributed by atoms with Crippen LogP contribution in [0.4, 0.5) is 0 Å². The van der Waals surface area contributed by atoms with Crippen LogP contribution in [-0.4, -0.2) is 57.5 Å². The van der Waals surface area contributed by atoms with E-state index in [1.807, 2.05) is 34.8 Å². The Morgan fingerprint density at radius 2 is 2.00 bits per heavy atom. The highest BCUT2D eigenvalue weighted by Crippen LogP contribution is 2.28. The molecule has 1 aromatic heterocycles. The van der Waals surface area contributed by atoms with E-state index in [2.05, 4.69) is 17.4 Å². The van der Waals surface area contributed by atoms with Crippen LogP contribution >= 0.6 is 0 Å². The number of aromatic nitrogens is 2. The van der Waals surface area contributed by atoms with Crippen molar-refractivity contribution < 1.29 is 9.90 Å². The van der Waals surface area contributed by atoms with Gasteiger partial charge in [0.25, 0.3) is 0 Å². The number of rotatable bonds is 2. The number of hydrogen-bond acceptors (Lipinski definition) is 4. The number of β-amino-alcohol motifs (C(OH)–C–C–N with tert-alkyl or cyclic N) is 1. The molecule has 2 aromatic rings. The van der Waals surface area contributed by atoms with Crippen molar-refractivity contribution in [3.8, 4) is 11.3 Å². The lowest BCUT2D eigenvalue weighted by atomic mass is 10.0. The molecule has 0 saturated carbocycles. The maximum absolute atomic E-state index is 12.7. The number of amides is 1. The van der Waals surface area contributed by atoms with E-state index in [4.69, 9.17) is 5.10 Å². The van der Waals surface area contributed by atoms with Crippen LogP contribution in [-0.2, 0) is 24.7 Å². The fraction of sp³-hybridized carbons (Fsp3) is 0.474. The Labute approximate surface area is 147 Å². The quantitative estimate of drug-likeness (QED) is 0.846. The van der Waals surface area contributed by atoms with Gasteiger partial charge in [0.2, 0.25) is 5.91 Å². The normalized spacial score (nSPS) is 23.4. The van der Waals surface area contributed by atoms with Gasteiger partial charge < -0.3 is 15.3 Å². The highest BCUT2D eigenvalue weighted by molar-refractivity contribution is 5.82. The molecule has 2 aliphatic rings. The van der Waals surface area contributed by atoms with Gasteiger partial charge in [0.1, 0.15) is 0 Å². The van der Waals surface area contributed by atoms with Gasteiger partial charge in [-0.15, -0.1) is 0 Å². The summed E-state index contributed by atoms with van der Waals surface area (Å²) in [6.45, 7) is 1.91. The van der Waals surface area contributed by atoms with Crippen LogP contribution in [0.1, 0.15) is 17.7 Å². The molecule has 0 aliphatic carbocycles. The van der Waals surface area contributed by atoms with Crippen LogP contribution in [0.5, 0.6) is 0 Å². The molecule has 1 fully saturated rings. The van der Waals surface area contributed by atoms with Gasteiger partial charge in [0, 0.05) is 49.9 Å². The standard InChI is InChI=1S/C19H24N4O2/c1-22-17-8-10-23(19(25)16-11-14(24)12-20-16)9-7-15(17)18(21-22)13-5-3-2-4-6-13/h2-6,14,16,20,24H,7-12H2,1H3/t14-,16-/m1/s1. The van der Waals surface area contributed by atoms with Crippen molar-refractivity contribution in [2.24, 2.45) is 7.05 Å². The van der Waals surface area contributed by atoms with Crippen molar-refractivity contribution in [3.63, 3.8) is 0 Å². The molecule has 0 unspecified atom stereocenters. The number of aliphatic hydroxyl groups is 1. The SMILES string of the molecule is Cn1nc(-c2ccccc2)c2c1CCN(C(=O)[C@H]1C[C@@H](O)CN1)CC2. The number of carbonyl (C=O) groups excluding carboxylic acids is 1. The summed E-state index contributed by atoms with van der Waals surface area (Å²) in [6, 6.07) is 9.98. The number of benzene rings is 1. The second kappa shape index (κ2) is 6.61. The number of aliphatic hydroxyl groups excluding tert-OH is 1. The molecule has 4 rings (SSSR count). The molecule has 2 N–H and O–H groups in total. The molecule has 0 spiro atoms. The summed E-state index contributed by atoms with van der Waals surface area (Å²) in [5.41, 5.74) is 4.62. The number of aryl methyl sites for hydroxylation is 1. The first-order valence-corrected chi connectivity index (χ1v) is 8.94. The molecule has 1 aromatic carbocycles. The van der Waals surface area contributed by atoms with Gasteiger partial charge in [0.15, 0.2) is 0 Å². The van der Waals surface area contributed by atoms with Gasteiger partial charge in [-0.1, -0.05) is 30.3 Å². The Hall–Kier alpha value is -2.18. The Kier molecular flexibility index (Phi) is 4.31. The summed E-state index contributed by atoms with van der Waals surface area (Å²) >= 11 is 0. The largest absolute Gasteiger partial charge is 0.392 e. The number of hydrogen-bond donors (Lipinski definition) is 2. The van der Waals surface area contributed by atoms with E-state index in [0.717, 1.165) is 24.1 Å². The predicted octanol–water partition coefficient (Wildman–Crippen LogP) is 0.737. The van der Waals surface area contributed by atoms with Gasteiger partial charge in [-0.2, -0.15) is 5.10 Å². The van der Waals surface area contributed by atoms with Crippen molar-refractivity contribution in [3.05, 3.63) is 41.6 Å². The van der Waals surface area contributed by atoms with Crippen molar-refractivity contribution in [1.82, 2.24) is 20.0 Å². The fourth-order valence-corrected chi connectivity index (χ4v) is 3.95. The Morgan fingerprint density at radius 3 is 2.72 bits per heavy atom. The van der Waals surface area contributed by atoms with Gasteiger partial charge in [-0.3, -0.25) is 9.48 Å². The second-order valence-electron chi connectivity index (χ2n) is 6.94. The maximum atomic E-state index is 12.7. The third-order valence-corrected chi connectivity index (χ3v) is 5.29. The van der Waals surface area contributed by atoms with Crippen molar-refractivity contribution >= 4 is 5.91 Å². The van der Waals surface area contributed by atoms with Crippen LogP contribution in [0.2, 0.25) is 0 Å². The maximum Gasteiger partial charge on any atom is 0.239 e. The second-order valence-corrected chi connectivity index (χ2v) is 6.94. The summed E-state index contributed by atoms with van der Waals surface area (Å²) in [7, 11) is 1.98. The summed E-state index contributed by atoms with van der Waals surface area (Å²) < 4.78 is 1.96. The monoisotopic (exact) mass is 340 g/mol. The van der Waals surface area contributed by atoms with E-state index in [1.54, 1.807) is 0 Å². The van der Waals surface area contributed by atoms with Crippen LogP contribution < -0.4 is 5.32 Å². The third kappa shape index (κ3) is 3.07. The van der Waals surface area contributed by atoms with Crippen LogP contribution in [0.15, 0.2) is 30.3 Å². The minimum atomic E-state index is -0.410. The smallest absolute Gasteiger partial charge is 0.239 e. The molecule has 1 saturated heterocycles. The molecule has 3 heterocycles. The molecule has 2 aliphatic heterocycles. The Bertz CT molecular complexity index is 771. The van der Waals surface area contributed by atoms with Gasteiger partial charge in [-0.05, 0) is 12.8 Å². The molecule has 0 bridgehead atoms. The minimum absolute atomic E-state index is 0.110. The fourth-order valence-electron chi connectivity index (χ4n) is 3.95. The van der Waals surface area contributed by atoms with E-state index in [0.29, 0.717) is 26.1 Å². The van der Waals surface area contributed by atoms with Crippen molar-refractivity contribution in [2.75, 3.05) is 19.6 Å². The summed E-state index contributed by atoms with van der Waals surface area (Å²) in [4.78, 5) is 14.7. The molecule has 0 radical (unpaired) electrons. The zero-order valence-electron chi connectivity index (χ0n) is 14.5. The molecule has 6 nitrogen and oxygen atoms in total. The van der Waals surface area contributed by atoms with Gasteiger partial charge >= 0.3 is 0 Å². The summed E-state index contributed by atoms with van der Waals surface area (Å²) in [6.07, 6.45) is 1.73. The van der Waals surface area contributed by atoms with E-state index >= 15 is 0 Å².